The molecule has 5 heteroatoms. The summed E-state index contributed by atoms with van der Waals surface area (Å²) in [6, 6.07) is 0.627. The second kappa shape index (κ2) is 8.85. The maximum Gasteiger partial charge on any atom is 0.323 e. The highest BCUT2D eigenvalue weighted by molar-refractivity contribution is 5.75. The molecule has 22 heavy (non-hydrogen) atoms. The van der Waals surface area contributed by atoms with Gasteiger partial charge in [-0.2, -0.15) is 0 Å². The van der Waals surface area contributed by atoms with Crippen LogP contribution in [0.2, 0.25) is 0 Å². The SMILES string of the molecule is CCOC(=O)C(C)N1CCCN(C2CCN(CC)CC2)CC1. The van der Waals surface area contributed by atoms with Crippen molar-refractivity contribution < 1.29 is 9.53 Å². The summed E-state index contributed by atoms with van der Waals surface area (Å²) in [5, 5.41) is 0. The van der Waals surface area contributed by atoms with Gasteiger partial charge in [-0.15, -0.1) is 0 Å². The van der Waals surface area contributed by atoms with Gasteiger partial charge in [-0.25, -0.2) is 0 Å². The number of nitrogens with zero attached hydrogens (tertiary/aromatic N) is 3. The molecule has 0 aliphatic carbocycles. The van der Waals surface area contributed by atoms with Gasteiger partial charge < -0.3 is 9.64 Å². The van der Waals surface area contributed by atoms with Gasteiger partial charge in [0.25, 0.3) is 0 Å². The van der Waals surface area contributed by atoms with Crippen molar-refractivity contribution in [2.24, 2.45) is 0 Å². The minimum atomic E-state index is -0.109. The van der Waals surface area contributed by atoms with E-state index in [4.69, 9.17) is 4.74 Å². The van der Waals surface area contributed by atoms with E-state index < -0.39 is 0 Å². The van der Waals surface area contributed by atoms with Crippen LogP contribution in [-0.2, 0) is 9.53 Å². The van der Waals surface area contributed by atoms with E-state index in [-0.39, 0.29) is 12.0 Å². The molecule has 0 N–H and O–H groups in total. The van der Waals surface area contributed by atoms with Gasteiger partial charge in [-0.05, 0) is 59.3 Å². The molecular formula is C17H33N3O2. The molecule has 0 aromatic heterocycles. The first kappa shape index (κ1) is 17.7. The first-order chi connectivity index (χ1) is 10.7. The van der Waals surface area contributed by atoms with Crippen molar-refractivity contribution in [2.75, 3.05) is 52.4 Å². The molecule has 2 rings (SSSR count). The molecule has 0 amide bonds. The molecule has 0 saturated carbocycles. The lowest BCUT2D eigenvalue weighted by molar-refractivity contribution is -0.148. The van der Waals surface area contributed by atoms with Crippen molar-refractivity contribution in [3.8, 4) is 0 Å². The van der Waals surface area contributed by atoms with E-state index >= 15 is 0 Å². The summed E-state index contributed by atoms with van der Waals surface area (Å²) in [6.45, 7) is 14.5. The van der Waals surface area contributed by atoms with Crippen molar-refractivity contribution in [1.29, 1.82) is 0 Å². The van der Waals surface area contributed by atoms with Crippen molar-refractivity contribution in [2.45, 2.75) is 52.1 Å². The molecule has 2 fully saturated rings. The van der Waals surface area contributed by atoms with E-state index in [1.54, 1.807) is 0 Å². The number of ether oxygens (including phenoxy) is 1. The van der Waals surface area contributed by atoms with E-state index in [1.807, 2.05) is 13.8 Å². The second-order valence-corrected chi connectivity index (χ2v) is 6.52. The fourth-order valence-electron chi connectivity index (χ4n) is 3.72. The lowest BCUT2D eigenvalue weighted by Gasteiger charge is -2.37. The third-order valence-corrected chi connectivity index (χ3v) is 5.26. The maximum atomic E-state index is 11.9. The van der Waals surface area contributed by atoms with Crippen molar-refractivity contribution in [3.05, 3.63) is 0 Å². The van der Waals surface area contributed by atoms with Crippen LogP contribution < -0.4 is 0 Å². The Morgan fingerprint density at radius 2 is 1.82 bits per heavy atom. The minimum absolute atomic E-state index is 0.0767. The van der Waals surface area contributed by atoms with Gasteiger partial charge in [0.1, 0.15) is 6.04 Å². The van der Waals surface area contributed by atoms with Gasteiger partial charge in [0.15, 0.2) is 0 Å². The molecule has 128 valence electrons. The van der Waals surface area contributed by atoms with Gasteiger partial charge in [0.2, 0.25) is 0 Å². The number of esters is 1. The zero-order valence-corrected chi connectivity index (χ0v) is 14.6. The van der Waals surface area contributed by atoms with Crippen LogP contribution in [0.25, 0.3) is 0 Å². The average molecular weight is 311 g/mol. The van der Waals surface area contributed by atoms with E-state index in [0.717, 1.165) is 32.1 Å². The summed E-state index contributed by atoms with van der Waals surface area (Å²) in [5.41, 5.74) is 0. The second-order valence-electron chi connectivity index (χ2n) is 6.52. The molecule has 0 spiro atoms. The summed E-state index contributed by atoms with van der Waals surface area (Å²) < 4.78 is 5.17. The monoisotopic (exact) mass is 311 g/mol. The summed E-state index contributed by atoms with van der Waals surface area (Å²) in [5.74, 6) is -0.0767. The Hall–Kier alpha value is -0.650. The van der Waals surface area contributed by atoms with Crippen LogP contribution in [-0.4, -0.2) is 85.2 Å². The Bertz CT molecular complexity index is 343. The van der Waals surface area contributed by atoms with Gasteiger partial charge in [-0.1, -0.05) is 6.92 Å². The predicted octanol–water partition coefficient (Wildman–Crippen LogP) is 1.43. The van der Waals surface area contributed by atoms with E-state index in [2.05, 4.69) is 21.6 Å². The van der Waals surface area contributed by atoms with Gasteiger partial charge in [-0.3, -0.25) is 14.6 Å². The molecule has 2 saturated heterocycles. The highest BCUT2D eigenvalue weighted by Gasteiger charge is 2.28. The Balaban J connectivity index is 1.81. The van der Waals surface area contributed by atoms with Crippen LogP contribution in [0, 0.1) is 0 Å². The van der Waals surface area contributed by atoms with Crippen LogP contribution in [0.1, 0.15) is 40.0 Å². The van der Waals surface area contributed by atoms with Gasteiger partial charge in [0.05, 0.1) is 6.61 Å². The molecular weight excluding hydrogens is 278 g/mol. The van der Waals surface area contributed by atoms with Crippen molar-refractivity contribution in [1.82, 2.24) is 14.7 Å². The Labute approximate surface area is 135 Å². The average Bonchev–Trinajstić information content (AvgIpc) is 2.80. The first-order valence-electron chi connectivity index (χ1n) is 9.02. The maximum absolute atomic E-state index is 11.9. The molecule has 5 nitrogen and oxygen atoms in total. The first-order valence-corrected chi connectivity index (χ1v) is 9.02. The minimum Gasteiger partial charge on any atom is -0.465 e. The summed E-state index contributed by atoms with van der Waals surface area (Å²) >= 11 is 0. The molecule has 1 atom stereocenters. The standard InChI is InChI=1S/C17H33N3O2/c1-4-18-11-7-16(8-12-18)20-10-6-9-19(13-14-20)15(3)17(21)22-5-2/h15-16H,4-14H2,1-3H3. The Kier molecular flexibility index (Phi) is 7.12. The fourth-order valence-corrected chi connectivity index (χ4v) is 3.72. The van der Waals surface area contributed by atoms with Crippen LogP contribution in [0.5, 0.6) is 0 Å². The van der Waals surface area contributed by atoms with Crippen LogP contribution in [0.4, 0.5) is 0 Å². The van der Waals surface area contributed by atoms with Crippen molar-refractivity contribution >= 4 is 5.97 Å². The van der Waals surface area contributed by atoms with Crippen molar-refractivity contribution in [3.63, 3.8) is 0 Å². The number of rotatable bonds is 5. The normalized spacial score (nSPS) is 24.9. The Morgan fingerprint density at radius 3 is 2.45 bits per heavy atom. The number of hydrogen-bond acceptors (Lipinski definition) is 5. The number of carbonyl (C=O) groups excluding carboxylic acids is 1. The number of piperidine rings is 1. The predicted molar refractivity (Wildman–Crippen MR) is 89.0 cm³/mol. The summed E-state index contributed by atoms with van der Waals surface area (Å²) in [4.78, 5) is 19.4. The fraction of sp³-hybridized carbons (Fsp3) is 0.941. The molecule has 1 unspecified atom stereocenters. The molecule has 2 heterocycles. The number of likely N-dealkylation sites (tertiary alicyclic amines) is 1. The zero-order valence-electron chi connectivity index (χ0n) is 14.6. The van der Waals surface area contributed by atoms with E-state index in [0.29, 0.717) is 6.61 Å². The lowest BCUT2D eigenvalue weighted by Crippen LogP contribution is -2.47. The summed E-state index contributed by atoms with van der Waals surface area (Å²) in [6.07, 6.45) is 3.74. The highest BCUT2D eigenvalue weighted by Crippen LogP contribution is 2.19. The molecule has 2 aliphatic heterocycles. The van der Waals surface area contributed by atoms with Gasteiger partial charge >= 0.3 is 5.97 Å². The Morgan fingerprint density at radius 1 is 1.09 bits per heavy atom. The van der Waals surface area contributed by atoms with E-state index in [1.165, 1.54) is 39.0 Å². The van der Waals surface area contributed by atoms with Crippen LogP contribution >= 0.6 is 0 Å². The third kappa shape index (κ3) is 4.67. The molecule has 0 aromatic rings. The molecule has 0 bridgehead atoms. The lowest BCUT2D eigenvalue weighted by atomic mass is 10.0. The zero-order chi connectivity index (χ0) is 15.9. The van der Waals surface area contributed by atoms with Crippen LogP contribution in [0.15, 0.2) is 0 Å². The number of carbonyl (C=O) groups is 1. The van der Waals surface area contributed by atoms with Gasteiger partial charge in [0, 0.05) is 25.7 Å². The molecule has 2 aliphatic rings. The van der Waals surface area contributed by atoms with Crippen LogP contribution in [0.3, 0.4) is 0 Å². The smallest absolute Gasteiger partial charge is 0.323 e. The molecule has 0 radical (unpaired) electrons. The summed E-state index contributed by atoms with van der Waals surface area (Å²) in [7, 11) is 0. The molecule has 0 aromatic carbocycles. The highest BCUT2D eigenvalue weighted by atomic mass is 16.5. The largest absolute Gasteiger partial charge is 0.465 e. The van der Waals surface area contributed by atoms with E-state index in [9.17, 15) is 4.79 Å². The number of hydrogen-bond donors (Lipinski definition) is 0. The quantitative estimate of drug-likeness (QED) is 0.718. The topological polar surface area (TPSA) is 36.0 Å². The third-order valence-electron chi connectivity index (χ3n) is 5.26.